The molecule has 0 rings (SSSR count). The summed E-state index contributed by atoms with van der Waals surface area (Å²) in [5.74, 6) is -0.0463. The zero-order valence-electron chi connectivity index (χ0n) is 7.41. The first kappa shape index (κ1) is 11.6. The molecule has 0 aromatic heterocycles. The number of hydrogen-bond donors (Lipinski definition) is 1. The van der Waals surface area contributed by atoms with E-state index in [9.17, 15) is 13.2 Å². The van der Waals surface area contributed by atoms with Crippen molar-refractivity contribution in [3.8, 4) is 0 Å². The molecule has 4 nitrogen and oxygen atoms in total. The summed E-state index contributed by atoms with van der Waals surface area (Å²) in [5, 5.41) is 4.76. The van der Waals surface area contributed by atoms with E-state index < -0.39 is 10.0 Å². The first-order valence-corrected chi connectivity index (χ1v) is 5.57. The Hall–Kier alpha value is -0.420. The minimum atomic E-state index is -3.40. The van der Waals surface area contributed by atoms with Gasteiger partial charge in [-0.05, 0) is 6.42 Å². The van der Waals surface area contributed by atoms with Crippen LogP contribution in [0.5, 0.6) is 0 Å². The topological polar surface area (TPSA) is 77.2 Å². The first-order valence-electron chi connectivity index (χ1n) is 3.86. The van der Waals surface area contributed by atoms with Gasteiger partial charge in [-0.3, -0.25) is 4.79 Å². The van der Waals surface area contributed by atoms with Crippen molar-refractivity contribution in [1.29, 1.82) is 0 Å². The molecule has 0 spiro atoms. The molecule has 0 bridgehead atoms. The van der Waals surface area contributed by atoms with Crippen molar-refractivity contribution in [2.24, 2.45) is 11.1 Å². The molecule has 12 heavy (non-hydrogen) atoms. The van der Waals surface area contributed by atoms with E-state index >= 15 is 0 Å². The number of ketones is 1. The lowest BCUT2D eigenvalue weighted by Gasteiger charge is -2.02. The van der Waals surface area contributed by atoms with Crippen LogP contribution in [0.4, 0.5) is 0 Å². The van der Waals surface area contributed by atoms with E-state index in [1.165, 1.54) is 0 Å². The van der Waals surface area contributed by atoms with Gasteiger partial charge in [0.25, 0.3) is 0 Å². The summed E-state index contributed by atoms with van der Waals surface area (Å²) in [6.07, 6.45) is 0.629. The number of nitrogens with two attached hydrogens (primary N) is 1. The van der Waals surface area contributed by atoms with Crippen LogP contribution in [0.25, 0.3) is 0 Å². The van der Waals surface area contributed by atoms with Crippen LogP contribution >= 0.6 is 0 Å². The van der Waals surface area contributed by atoms with E-state index in [-0.39, 0.29) is 17.5 Å². The highest BCUT2D eigenvalue weighted by molar-refractivity contribution is 7.89. The van der Waals surface area contributed by atoms with Crippen LogP contribution in [0, 0.1) is 5.92 Å². The summed E-state index contributed by atoms with van der Waals surface area (Å²) in [6, 6.07) is 0. The van der Waals surface area contributed by atoms with Crippen LogP contribution in [0.15, 0.2) is 0 Å². The largest absolute Gasteiger partial charge is 0.299 e. The van der Waals surface area contributed by atoms with Crippen molar-refractivity contribution >= 4 is 15.8 Å². The standard InChI is InChI=1S/C7H15NO3S/c1-6(2)7(9)4-3-5-12(8,10)11/h6H,3-5H2,1-2H3,(H2,8,10,11). The molecule has 0 aliphatic rings. The van der Waals surface area contributed by atoms with Gasteiger partial charge in [-0.1, -0.05) is 13.8 Å². The number of Topliss-reactive ketones (excluding diaryl/α,β-unsaturated/α-hetero) is 1. The minimum absolute atomic E-state index is 0.0227. The van der Waals surface area contributed by atoms with Gasteiger partial charge in [0.1, 0.15) is 5.78 Å². The summed E-state index contributed by atoms with van der Waals surface area (Å²) in [7, 11) is -3.40. The Morgan fingerprint density at radius 1 is 1.42 bits per heavy atom. The van der Waals surface area contributed by atoms with Crippen molar-refractivity contribution < 1.29 is 13.2 Å². The summed E-state index contributed by atoms with van der Waals surface area (Å²) in [4.78, 5) is 11.0. The number of carbonyl (C=O) groups excluding carboxylic acids is 1. The average Bonchev–Trinajstić information content (AvgIpc) is 1.84. The Balaban J connectivity index is 3.66. The first-order chi connectivity index (χ1) is 5.33. The van der Waals surface area contributed by atoms with Crippen LogP contribution in [0.2, 0.25) is 0 Å². The number of hydrogen-bond acceptors (Lipinski definition) is 3. The van der Waals surface area contributed by atoms with E-state index in [0.717, 1.165) is 0 Å². The molecule has 72 valence electrons. The van der Waals surface area contributed by atoms with Gasteiger partial charge in [0.05, 0.1) is 5.75 Å². The molecular formula is C7H15NO3S. The van der Waals surface area contributed by atoms with Crippen LogP contribution in [0.3, 0.4) is 0 Å². The second-order valence-corrected chi connectivity index (χ2v) is 4.83. The fraction of sp³-hybridized carbons (Fsp3) is 0.857. The molecule has 0 amide bonds. The summed E-state index contributed by atoms with van der Waals surface area (Å²) < 4.78 is 20.9. The molecule has 0 aliphatic heterocycles. The third-order valence-corrected chi connectivity index (χ3v) is 2.35. The van der Waals surface area contributed by atoms with Crippen LogP contribution in [-0.4, -0.2) is 20.0 Å². The number of rotatable bonds is 5. The van der Waals surface area contributed by atoms with E-state index in [4.69, 9.17) is 5.14 Å². The Morgan fingerprint density at radius 2 is 1.92 bits per heavy atom. The highest BCUT2D eigenvalue weighted by Crippen LogP contribution is 2.02. The Kier molecular flexibility index (Phi) is 4.41. The number of sulfonamides is 1. The van der Waals surface area contributed by atoms with Gasteiger partial charge >= 0.3 is 0 Å². The van der Waals surface area contributed by atoms with Gasteiger partial charge < -0.3 is 0 Å². The smallest absolute Gasteiger partial charge is 0.209 e. The summed E-state index contributed by atoms with van der Waals surface area (Å²) in [6.45, 7) is 3.58. The molecule has 5 heteroatoms. The summed E-state index contributed by atoms with van der Waals surface area (Å²) >= 11 is 0. The van der Waals surface area contributed by atoms with E-state index in [2.05, 4.69) is 0 Å². The molecule has 0 heterocycles. The maximum Gasteiger partial charge on any atom is 0.209 e. The highest BCUT2D eigenvalue weighted by atomic mass is 32.2. The van der Waals surface area contributed by atoms with Crippen LogP contribution in [-0.2, 0) is 14.8 Å². The molecule has 0 saturated heterocycles. The minimum Gasteiger partial charge on any atom is -0.299 e. The number of primary sulfonamides is 1. The van der Waals surface area contributed by atoms with E-state index in [0.29, 0.717) is 12.8 Å². The average molecular weight is 193 g/mol. The molecule has 0 aliphatic carbocycles. The Labute approximate surface area is 73.2 Å². The molecule has 0 fully saturated rings. The molecule has 0 radical (unpaired) electrons. The van der Waals surface area contributed by atoms with Gasteiger partial charge in [-0.25, -0.2) is 13.6 Å². The number of carbonyl (C=O) groups is 1. The second-order valence-electron chi connectivity index (χ2n) is 3.09. The fourth-order valence-electron chi connectivity index (χ4n) is 0.736. The molecule has 0 atom stereocenters. The predicted molar refractivity (Wildman–Crippen MR) is 47.1 cm³/mol. The van der Waals surface area contributed by atoms with E-state index in [1.54, 1.807) is 13.8 Å². The normalized spacial score (nSPS) is 12.0. The van der Waals surface area contributed by atoms with Crippen molar-refractivity contribution in [3.63, 3.8) is 0 Å². The third-order valence-electron chi connectivity index (χ3n) is 1.50. The highest BCUT2D eigenvalue weighted by Gasteiger charge is 2.09. The third kappa shape index (κ3) is 6.30. The zero-order valence-corrected chi connectivity index (χ0v) is 8.23. The predicted octanol–water partition coefficient (Wildman–Crippen LogP) is 0.280. The molecule has 2 N–H and O–H groups in total. The molecule has 0 aromatic carbocycles. The van der Waals surface area contributed by atoms with Gasteiger partial charge in [-0.15, -0.1) is 0 Å². The van der Waals surface area contributed by atoms with E-state index in [1.807, 2.05) is 0 Å². The molecule has 0 unspecified atom stereocenters. The monoisotopic (exact) mass is 193 g/mol. The second kappa shape index (κ2) is 4.57. The Bertz CT molecular complexity index is 243. The van der Waals surface area contributed by atoms with Crippen molar-refractivity contribution in [2.75, 3.05) is 5.75 Å². The van der Waals surface area contributed by atoms with Crippen LogP contribution in [0.1, 0.15) is 26.7 Å². The molecular weight excluding hydrogens is 178 g/mol. The lowest BCUT2D eigenvalue weighted by Crippen LogP contribution is -2.18. The molecule has 0 saturated carbocycles. The van der Waals surface area contributed by atoms with Crippen LogP contribution < -0.4 is 5.14 Å². The zero-order chi connectivity index (χ0) is 9.78. The maximum absolute atomic E-state index is 11.0. The van der Waals surface area contributed by atoms with Gasteiger partial charge in [0.2, 0.25) is 10.0 Å². The molecule has 0 aromatic rings. The fourth-order valence-corrected chi connectivity index (χ4v) is 1.28. The lowest BCUT2D eigenvalue weighted by atomic mass is 10.1. The van der Waals surface area contributed by atoms with Crippen molar-refractivity contribution in [2.45, 2.75) is 26.7 Å². The maximum atomic E-state index is 11.0. The van der Waals surface area contributed by atoms with Gasteiger partial charge in [0, 0.05) is 12.3 Å². The SMILES string of the molecule is CC(C)C(=O)CCCS(N)(=O)=O. The lowest BCUT2D eigenvalue weighted by molar-refractivity contribution is -0.121. The van der Waals surface area contributed by atoms with Crippen molar-refractivity contribution in [3.05, 3.63) is 0 Å². The Morgan fingerprint density at radius 3 is 2.25 bits per heavy atom. The van der Waals surface area contributed by atoms with Gasteiger partial charge in [0.15, 0.2) is 0 Å². The van der Waals surface area contributed by atoms with Crippen molar-refractivity contribution in [1.82, 2.24) is 0 Å². The quantitative estimate of drug-likeness (QED) is 0.681. The van der Waals surface area contributed by atoms with Gasteiger partial charge in [-0.2, -0.15) is 0 Å². The summed E-state index contributed by atoms with van der Waals surface area (Å²) in [5.41, 5.74) is 0.